The topological polar surface area (TPSA) is 20.2 Å². The zero-order chi connectivity index (χ0) is 6.41. The van der Waals surface area contributed by atoms with E-state index in [0.717, 1.165) is 5.57 Å². The molecule has 0 amide bonds. The minimum absolute atomic E-state index is 0.143. The fourth-order valence-corrected chi connectivity index (χ4v) is 0.420. The summed E-state index contributed by atoms with van der Waals surface area (Å²) in [6, 6.07) is 0. The molecule has 0 radical (unpaired) electrons. The van der Waals surface area contributed by atoms with Crippen LogP contribution in [0.25, 0.3) is 0 Å². The standard InChI is InChI=1S/C7H10O/c1-3-7(4-2)5-6-8/h1,4,8H,5-6H2,2H3/b7-4+. The molecule has 1 N–H and O–H groups in total. The highest BCUT2D eigenvalue weighted by Gasteiger charge is 1.85. The average Bonchev–Trinajstić information content (AvgIpc) is 1.83. The van der Waals surface area contributed by atoms with Gasteiger partial charge in [0.15, 0.2) is 0 Å². The van der Waals surface area contributed by atoms with Crippen molar-refractivity contribution in [2.75, 3.05) is 6.61 Å². The smallest absolute Gasteiger partial charge is 0.0477 e. The van der Waals surface area contributed by atoms with Gasteiger partial charge in [-0.2, -0.15) is 0 Å². The third-order valence-corrected chi connectivity index (χ3v) is 0.915. The molecule has 0 unspecified atom stereocenters. The number of terminal acetylenes is 1. The summed E-state index contributed by atoms with van der Waals surface area (Å²) in [5.74, 6) is 2.45. The van der Waals surface area contributed by atoms with E-state index in [4.69, 9.17) is 11.5 Å². The first-order valence-electron chi connectivity index (χ1n) is 2.57. The summed E-state index contributed by atoms with van der Waals surface area (Å²) < 4.78 is 0. The molecule has 0 aromatic rings. The second kappa shape index (κ2) is 4.42. The predicted molar refractivity (Wildman–Crippen MR) is 34.3 cm³/mol. The summed E-state index contributed by atoms with van der Waals surface area (Å²) in [6.07, 6.45) is 7.47. The van der Waals surface area contributed by atoms with E-state index >= 15 is 0 Å². The summed E-state index contributed by atoms with van der Waals surface area (Å²) >= 11 is 0. The molecule has 8 heavy (non-hydrogen) atoms. The van der Waals surface area contributed by atoms with Gasteiger partial charge in [-0.25, -0.2) is 0 Å². The molecule has 0 saturated carbocycles. The van der Waals surface area contributed by atoms with E-state index in [1.54, 1.807) is 0 Å². The Balaban J connectivity index is 3.60. The normalized spacial score (nSPS) is 10.9. The van der Waals surface area contributed by atoms with E-state index in [2.05, 4.69) is 5.92 Å². The highest BCUT2D eigenvalue weighted by atomic mass is 16.2. The van der Waals surface area contributed by atoms with Crippen molar-refractivity contribution in [2.45, 2.75) is 13.3 Å². The fraction of sp³-hybridized carbons (Fsp3) is 0.429. The van der Waals surface area contributed by atoms with Crippen molar-refractivity contribution in [1.82, 2.24) is 0 Å². The molecule has 0 aliphatic carbocycles. The Hall–Kier alpha value is -0.740. The van der Waals surface area contributed by atoms with Gasteiger partial charge in [-0.05, 0) is 12.5 Å². The lowest BCUT2D eigenvalue weighted by Gasteiger charge is -1.90. The number of hydrogen-bond donors (Lipinski definition) is 1. The summed E-state index contributed by atoms with van der Waals surface area (Å²) in [5, 5.41) is 8.36. The molecular weight excluding hydrogens is 100 g/mol. The molecule has 0 aliphatic rings. The van der Waals surface area contributed by atoms with E-state index in [1.165, 1.54) is 0 Å². The van der Waals surface area contributed by atoms with E-state index in [-0.39, 0.29) is 6.61 Å². The van der Waals surface area contributed by atoms with Crippen LogP contribution in [0.15, 0.2) is 11.6 Å². The van der Waals surface area contributed by atoms with Gasteiger partial charge in [0.1, 0.15) is 0 Å². The van der Waals surface area contributed by atoms with E-state index < -0.39 is 0 Å². The Morgan fingerprint density at radius 1 is 1.88 bits per heavy atom. The zero-order valence-corrected chi connectivity index (χ0v) is 5.02. The lowest BCUT2D eigenvalue weighted by Crippen LogP contribution is -1.83. The molecule has 0 saturated heterocycles. The maximum absolute atomic E-state index is 8.36. The van der Waals surface area contributed by atoms with Crippen LogP contribution in [-0.2, 0) is 0 Å². The van der Waals surface area contributed by atoms with Crippen molar-refractivity contribution in [3.63, 3.8) is 0 Å². The number of allylic oxidation sites excluding steroid dienone is 1. The third kappa shape index (κ3) is 2.44. The van der Waals surface area contributed by atoms with Gasteiger partial charge < -0.3 is 5.11 Å². The molecule has 0 aliphatic heterocycles. The molecule has 0 aromatic carbocycles. The first kappa shape index (κ1) is 7.26. The number of aliphatic hydroxyl groups excluding tert-OH is 1. The number of aliphatic hydroxyl groups is 1. The maximum atomic E-state index is 8.36. The summed E-state index contributed by atoms with van der Waals surface area (Å²) in [6.45, 7) is 2.01. The highest BCUT2D eigenvalue weighted by molar-refractivity contribution is 5.23. The van der Waals surface area contributed by atoms with Crippen molar-refractivity contribution in [3.05, 3.63) is 11.6 Å². The van der Waals surface area contributed by atoms with Crippen molar-refractivity contribution < 1.29 is 5.11 Å². The van der Waals surface area contributed by atoms with Gasteiger partial charge in [-0.3, -0.25) is 0 Å². The quantitative estimate of drug-likeness (QED) is 0.525. The van der Waals surface area contributed by atoms with Crippen LogP contribution in [0, 0.1) is 12.3 Å². The minimum atomic E-state index is 0.143. The molecule has 0 fully saturated rings. The second-order valence-electron chi connectivity index (χ2n) is 1.43. The molecular formula is C7H10O. The monoisotopic (exact) mass is 110 g/mol. The van der Waals surface area contributed by atoms with Gasteiger partial charge in [0, 0.05) is 13.0 Å². The summed E-state index contributed by atoms with van der Waals surface area (Å²) in [5.41, 5.74) is 0.868. The van der Waals surface area contributed by atoms with Gasteiger partial charge in [0.2, 0.25) is 0 Å². The molecule has 44 valence electrons. The first-order valence-corrected chi connectivity index (χ1v) is 2.57. The Bertz CT molecular complexity index is 117. The predicted octanol–water partition coefficient (Wildman–Crippen LogP) is 0.948. The fourth-order valence-electron chi connectivity index (χ4n) is 0.420. The molecule has 0 spiro atoms. The summed E-state index contributed by atoms with van der Waals surface area (Å²) in [7, 11) is 0. The van der Waals surface area contributed by atoms with Crippen LogP contribution in [0.1, 0.15) is 13.3 Å². The zero-order valence-electron chi connectivity index (χ0n) is 5.02. The van der Waals surface area contributed by atoms with Gasteiger partial charge in [-0.1, -0.05) is 12.0 Å². The van der Waals surface area contributed by atoms with Crippen molar-refractivity contribution in [3.8, 4) is 12.3 Å². The van der Waals surface area contributed by atoms with Crippen LogP contribution >= 0.6 is 0 Å². The minimum Gasteiger partial charge on any atom is -0.396 e. The molecule has 1 heteroatoms. The largest absolute Gasteiger partial charge is 0.396 e. The van der Waals surface area contributed by atoms with Crippen LogP contribution in [0.5, 0.6) is 0 Å². The number of rotatable bonds is 2. The van der Waals surface area contributed by atoms with E-state index in [1.807, 2.05) is 13.0 Å². The van der Waals surface area contributed by atoms with Crippen LogP contribution in [0.3, 0.4) is 0 Å². The van der Waals surface area contributed by atoms with Crippen LogP contribution in [-0.4, -0.2) is 11.7 Å². The molecule has 1 nitrogen and oxygen atoms in total. The Morgan fingerprint density at radius 2 is 2.50 bits per heavy atom. The van der Waals surface area contributed by atoms with E-state index in [0.29, 0.717) is 6.42 Å². The average molecular weight is 110 g/mol. The van der Waals surface area contributed by atoms with Crippen molar-refractivity contribution >= 4 is 0 Å². The van der Waals surface area contributed by atoms with Crippen molar-refractivity contribution in [2.24, 2.45) is 0 Å². The SMILES string of the molecule is C#C/C(=C\C)CCO. The molecule has 0 atom stereocenters. The maximum Gasteiger partial charge on any atom is 0.0477 e. The number of hydrogen-bond acceptors (Lipinski definition) is 1. The lowest BCUT2D eigenvalue weighted by atomic mass is 10.2. The Morgan fingerprint density at radius 3 is 2.62 bits per heavy atom. The molecule has 0 aromatic heterocycles. The summed E-state index contributed by atoms with van der Waals surface area (Å²) in [4.78, 5) is 0. The lowest BCUT2D eigenvalue weighted by molar-refractivity contribution is 0.300. The Labute approximate surface area is 50.0 Å². The molecule has 0 heterocycles. The van der Waals surface area contributed by atoms with Crippen LogP contribution in [0.4, 0.5) is 0 Å². The van der Waals surface area contributed by atoms with Crippen molar-refractivity contribution in [1.29, 1.82) is 0 Å². The van der Waals surface area contributed by atoms with Gasteiger partial charge in [0.05, 0.1) is 0 Å². The second-order valence-corrected chi connectivity index (χ2v) is 1.43. The third-order valence-electron chi connectivity index (χ3n) is 0.915. The van der Waals surface area contributed by atoms with Gasteiger partial charge in [-0.15, -0.1) is 6.42 Å². The van der Waals surface area contributed by atoms with Gasteiger partial charge >= 0.3 is 0 Å². The highest BCUT2D eigenvalue weighted by Crippen LogP contribution is 1.95. The Kier molecular flexibility index (Phi) is 4.01. The van der Waals surface area contributed by atoms with Crippen LogP contribution in [0.2, 0.25) is 0 Å². The molecule has 0 bridgehead atoms. The van der Waals surface area contributed by atoms with Crippen LogP contribution < -0.4 is 0 Å². The molecule has 0 rings (SSSR count). The van der Waals surface area contributed by atoms with Gasteiger partial charge in [0.25, 0.3) is 0 Å². The first-order chi connectivity index (χ1) is 3.85. The van der Waals surface area contributed by atoms with E-state index in [9.17, 15) is 0 Å².